The lowest BCUT2D eigenvalue weighted by atomic mass is 10.0. The molecule has 1 atom stereocenters. The van der Waals surface area contributed by atoms with Crippen LogP contribution in [0.25, 0.3) is 0 Å². The van der Waals surface area contributed by atoms with E-state index in [-0.39, 0.29) is 11.8 Å². The van der Waals surface area contributed by atoms with Gasteiger partial charge in [-0.25, -0.2) is 0 Å². The van der Waals surface area contributed by atoms with Crippen molar-refractivity contribution in [3.05, 3.63) is 53.5 Å². The molecule has 1 N–H and O–H groups in total. The number of halogens is 2. The fourth-order valence-electron chi connectivity index (χ4n) is 2.12. The maximum Gasteiger partial charge on any atom is 0.387 e. The SMILES string of the molecule is CCCNC(c1ccc(OC(F)F)cc1)c1ccc(C)o1. The summed E-state index contributed by atoms with van der Waals surface area (Å²) < 4.78 is 34.4. The van der Waals surface area contributed by atoms with E-state index >= 15 is 0 Å². The van der Waals surface area contributed by atoms with Crippen LogP contribution in [0.5, 0.6) is 5.75 Å². The lowest BCUT2D eigenvalue weighted by molar-refractivity contribution is -0.0498. The van der Waals surface area contributed by atoms with E-state index < -0.39 is 6.61 Å². The number of furan rings is 1. The molecule has 5 heteroatoms. The van der Waals surface area contributed by atoms with E-state index in [9.17, 15) is 8.78 Å². The van der Waals surface area contributed by atoms with Crippen LogP contribution in [0.1, 0.15) is 36.5 Å². The second kappa shape index (κ2) is 7.22. The Bertz CT molecular complexity index is 552. The van der Waals surface area contributed by atoms with Crippen molar-refractivity contribution in [3.8, 4) is 5.75 Å². The van der Waals surface area contributed by atoms with Crippen molar-refractivity contribution in [1.82, 2.24) is 5.32 Å². The fourth-order valence-corrected chi connectivity index (χ4v) is 2.12. The largest absolute Gasteiger partial charge is 0.464 e. The first kappa shape index (κ1) is 15.5. The van der Waals surface area contributed by atoms with Crippen molar-refractivity contribution in [2.45, 2.75) is 32.9 Å². The van der Waals surface area contributed by atoms with Gasteiger partial charge in [-0.05, 0) is 49.7 Å². The van der Waals surface area contributed by atoms with Crippen molar-refractivity contribution >= 4 is 0 Å². The second-order valence-electron chi connectivity index (χ2n) is 4.78. The van der Waals surface area contributed by atoms with Crippen molar-refractivity contribution in [2.24, 2.45) is 0 Å². The van der Waals surface area contributed by atoms with Gasteiger partial charge in [0.25, 0.3) is 0 Å². The number of rotatable bonds is 7. The van der Waals surface area contributed by atoms with E-state index in [1.807, 2.05) is 19.1 Å². The maximum atomic E-state index is 12.2. The molecule has 0 spiro atoms. The average molecular weight is 295 g/mol. The monoisotopic (exact) mass is 295 g/mol. The predicted octanol–water partition coefficient (Wildman–Crippen LogP) is 4.28. The quantitative estimate of drug-likeness (QED) is 0.828. The Balaban J connectivity index is 2.20. The molecule has 3 nitrogen and oxygen atoms in total. The minimum absolute atomic E-state index is 0.0979. The van der Waals surface area contributed by atoms with Gasteiger partial charge < -0.3 is 14.5 Å². The molecule has 0 aliphatic rings. The van der Waals surface area contributed by atoms with Crippen LogP contribution < -0.4 is 10.1 Å². The first-order valence-corrected chi connectivity index (χ1v) is 6.94. The highest BCUT2D eigenvalue weighted by Gasteiger charge is 2.17. The number of nitrogens with one attached hydrogen (secondary N) is 1. The Morgan fingerprint density at radius 3 is 2.38 bits per heavy atom. The summed E-state index contributed by atoms with van der Waals surface area (Å²) in [6.07, 6.45) is 0.989. The zero-order valence-electron chi connectivity index (χ0n) is 12.1. The Labute approximate surface area is 122 Å². The smallest absolute Gasteiger partial charge is 0.387 e. The Hall–Kier alpha value is -1.88. The molecule has 0 aliphatic heterocycles. The van der Waals surface area contributed by atoms with E-state index in [2.05, 4.69) is 17.0 Å². The number of hydrogen-bond acceptors (Lipinski definition) is 3. The first-order chi connectivity index (χ1) is 10.1. The predicted molar refractivity (Wildman–Crippen MR) is 76.7 cm³/mol. The summed E-state index contributed by atoms with van der Waals surface area (Å²) in [5, 5.41) is 3.39. The zero-order valence-corrected chi connectivity index (χ0v) is 12.1. The first-order valence-electron chi connectivity index (χ1n) is 6.94. The minimum Gasteiger partial charge on any atom is -0.464 e. The van der Waals surface area contributed by atoms with Crippen LogP contribution in [-0.2, 0) is 0 Å². The van der Waals surface area contributed by atoms with Gasteiger partial charge in [0.15, 0.2) is 0 Å². The summed E-state index contributed by atoms with van der Waals surface area (Å²) in [5.41, 5.74) is 0.944. The van der Waals surface area contributed by atoms with Crippen molar-refractivity contribution < 1.29 is 17.9 Å². The van der Waals surface area contributed by atoms with E-state index in [1.165, 1.54) is 12.1 Å². The molecule has 0 amide bonds. The molecule has 2 aromatic rings. The van der Waals surface area contributed by atoms with E-state index in [1.54, 1.807) is 12.1 Å². The summed E-state index contributed by atoms with van der Waals surface area (Å²) in [6.45, 7) is 1.99. The molecule has 2 rings (SSSR count). The van der Waals surface area contributed by atoms with Crippen LogP contribution in [0, 0.1) is 6.92 Å². The van der Waals surface area contributed by atoms with Crippen LogP contribution in [-0.4, -0.2) is 13.2 Å². The average Bonchev–Trinajstić information content (AvgIpc) is 2.87. The maximum absolute atomic E-state index is 12.2. The summed E-state index contributed by atoms with van der Waals surface area (Å²) in [5.74, 6) is 1.80. The lowest BCUT2D eigenvalue weighted by Crippen LogP contribution is -2.22. The van der Waals surface area contributed by atoms with Crippen molar-refractivity contribution in [3.63, 3.8) is 0 Å². The fraction of sp³-hybridized carbons (Fsp3) is 0.375. The van der Waals surface area contributed by atoms with Crippen molar-refractivity contribution in [2.75, 3.05) is 6.54 Å². The van der Waals surface area contributed by atoms with Gasteiger partial charge in [-0.15, -0.1) is 0 Å². The van der Waals surface area contributed by atoms with Crippen molar-refractivity contribution in [1.29, 1.82) is 0 Å². The number of benzene rings is 1. The molecule has 0 saturated carbocycles. The molecule has 114 valence electrons. The van der Waals surface area contributed by atoms with Gasteiger partial charge in [0, 0.05) is 0 Å². The molecule has 0 radical (unpaired) electrons. The third kappa shape index (κ3) is 4.29. The number of alkyl halides is 2. The standard InChI is InChI=1S/C16H19F2NO2/c1-3-10-19-15(14-9-4-11(2)20-14)12-5-7-13(8-6-12)21-16(17)18/h4-9,15-16,19H,3,10H2,1-2H3. The van der Waals surface area contributed by atoms with Crippen LogP contribution in [0.3, 0.4) is 0 Å². The second-order valence-corrected chi connectivity index (χ2v) is 4.78. The summed E-state index contributed by atoms with van der Waals surface area (Å²) in [4.78, 5) is 0. The molecule has 0 saturated heterocycles. The van der Waals surface area contributed by atoms with Crippen LogP contribution >= 0.6 is 0 Å². The summed E-state index contributed by atoms with van der Waals surface area (Å²) >= 11 is 0. The number of aryl methyl sites for hydroxylation is 1. The number of ether oxygens (including phenoxy) is 1. The highest BCUT2D eigenvalue weighted by molar-refractivity contribution is 5.33. The van der Waals surface area contributed by atoms with Gasteiger partial charge in [-0.1, -0.05) is 19.1 Å². The van der Waals surface area contributed by atoms with Crippen LogP contribution in [0.15, 0.2) is 40.8 Å². The molecular formula is C16H19F2NO2. The van der Waals surface area contributed by atoms with E-state index in [4.69, 9.17) is 4.42 Å². The van der Waals surface area contributed by atoms with E-state index in [0.29, 0.717) is 0 Å². The van der Waals surface area contributed by atoms with Gasteiger partial charge >= 0.3 is 6.61 Å². The Morgan fingerprint density at radius 2 is 1.86 bits per heavy atom. The third-order valence-corrected chi connectivity index (χ3v) is 3.08. The molecule has 1 heterocycles. The minimum atomic E-state index is -2.81. The van der Waals surface area contributed by atoms with Gasteiger partial charge in [-0.2, -0.15) is 8.78 Å². The van der Waals surface area contributed by atoms with Gasteiger partial charge in [0.05, 0.1) is 6.04 Å². The van der Waals surface area contributed by atoms with Gasteiger partial charge in [0.1, 0.15) is 17.3 Å². The van der Waals surface area contributed by atoms with Gasteiger partial charge in [-0.3, -0.25) is 0 Å². The zero-order chi connectivity index (χ0) is 15.2. The molecule has 1 aromatic carbocycles. The highest BCUT2D eigenvalue weighted by atomic mass is 19.3. The molecule has 21 heavy (non-hydrogen) atoms. The molecule has 0 bridgehead atoms. The van der Waals surface area contributed by atoms with Crippen LogP contribution in [0.2, 0.25) is 0 Å². The summed E-state index contributed by atoms with van der Waals surface area (Å²) in [7, 11) is 0. The van der Waals surface area contributed by atoms with Gasteiger partial charge in [0.2, 0.25) is 0 Å². The number of hydrogen-bond donors (Lipinski definition) is 1. The molecule has 0 aliphatic carbocycles. The molecule has 0 fully saturated rings. The summed E-state index contributed by atoms with van der Waals surface area (Å²) in [6, 6.07) is 10.3. The molecule has 1 unspecified atom stereocenters. The molecule has 1 aromatic heterocycles. The Morgan fingerprint density at radius 1 is 1.14 bits per heavy atom. The van der Waals surface area contributed by atoms with Crippen LogP contribution in [0.4, 0.5) is 8.78 Å². The normalized spacial score (nSPS) is 12.6. The topological polar surface area (TPSA) is 34.4 Å². The Kier molecular flexibility index (Phi) is 5.33. The lowest BCUT2D eigenvalue weighted by Gasteiger charge is -2.17. The third-order valence-electron chi connectivity index (χ3n) is 3.08. The van der Waals surface area contributed by atoms with E-state index in [0.717, 1.165) is 30.0 Å². The molecular weight excluding hydrogens is 276 g/mol. The highest BCUT2D eigenvalue weighted by Crippen LogP contribution is 2.26.